The van der Waals surface area contributed by atoms with E-state index in [1.54, 1.807) is 49.1 Å². The van der Waals surface area contributed by atoms with Gasteiger partial charge >= 0.3 is 41.3 Å². The maximum absolute atomic E-state index is 3.72. The first kappa shape index (κ1) is 28.7. The average molecular weight is 583 g/mol. The third kappa shape index (κ3) is 6.34. The summed E-state index contributed by atoms with van der Waals surface area (Å²) in [6, 6.07) is 19.3. The minimum Gasteiger partial charge on any atom is -1.00 e. The van der Waals surface area contributed by atoms with E-state index >= 15 is 0 Å². The number of hydrogen-bond acceptors (Lipinski definition) is 0. The number of allylic oxidation sites excluding steroid dienone is 4. The molecule has 3 heteroatoms. The molecule has 0 spiro atoms. The first-order valence-electron chi connectivity index (χ1n) is 12.8. The number of rotatable bonds is 1. The van der Waals surface area contributed by atoms with Crippen LogP contribution in [0.1, 0.15) is 59.3 Å². The third-order valence-electron chi connectivity index (χ3n) is 8.07. The number of benzene rings is 2. The SMILES string of the molecule is CC1[C-]=C(C23CC4CC(CC(C4)C2)C3)C=C1.C[C](C)=[Zr+2].[Cl-].[Cl-].c1ccc2c(c1)[cH-]c1ccccc12. The standard InChI is InChI=1S/C16H21.C13H9.C3H6.2ClH.Zr/c1-11-2-3-15(4-11)16-8-12-5-13(9-16)7-14(6-12)10-16;1-3-7-12-10(5-1)9-11-6-2-4-8-13(11)12;1-3-2;;;/h2-3,11-14H,5-10H2,1H3;1-9H;1-2H3;2*1H;/q2*-1;;;;+2/p-2. The quantitative estimate of drug-likeness (QED) is 0.387. The van der Waals surface area contributed by atoms with Gasteiger partial charge in [-0.3, -0.25) is 6.08 Å². The van der Waals surface area contributed by atoms with Crippen LogP contribution in [0.5, 0.6) is 0 Å². The Kier molecular flexibility index (Phi) is 9.93. The van der Waals surface area contributed by atoms with E-state index in [9.17, 15) is 0 Å². The number of fused-ring (bicyclic) bond motifs is 3. The minimum atomic E-state index is 0. The van der Waals surface area contributed by atoms with Crippen LogP contribution in [0.3, 0.4) is 0 Å². The predicted molar refractivity (Wildman–Crippen MR) is 139 cm³/mol. The Labute approximate surface area is 239 Å². The third-order valence-corrected chi connectivity index (χ3v) is 8.07. The van der Waals surface area contributed by atoms with Crippen molar-refractivity contribution >= 4 is 24.8 Å². The molecule has 8 rings (SSSR count). The second-order valence-corrected chi connectivity index (χ2v) is 13.7. The second kappa shape index (κ2) is 12.1. The fourth-order valence-corrected chi connectivity index (χ4v) is 7.26. The van der Waals surface area contributed by atoms with Gasteiger partial charge in [-0.2, -0.15) is 6.08 Å². The fourth-order valence-electron chi connectivity index (χ4n) is 7.26. The van der Waals surface area contributed by atoms with Gasteiger partial charge in [0, 0.05) is 0 Å². The minimum absolute atomic E-state index is 0. The van der Waals surface area contributed by atoms with Gasteiger partial charge in [-0.1, -0.05) is 49.2 Å². The molecular formula is C32H36Cl2Zr-2. The molecule has 0 aliphatic heterocycles. The Hall–Kier alpha value is -0.877. The summed E-state index contributed by atoms with van der Waals surface area (Å²) >= 11 is 1.55. The van der Waals surface area contributed by atoms with Gasteiger partial charge < -0.3 is 24.8 Å². The van der Waals surface area contributed by atoms with Gasteiger partial charge in [0.1, 0.15) is 0 Å². The molecule has 0 saturated heterocycles. The van der Waals surface area contributed by atoms with Crippen LogP contribution < -0.4 is 24.8 Å². The summed E-state index contributed by atoms with van der Waals surface area (Å²) < 4.78 is 1.51. The molecule has 5 aliphatic carbocycles. The Bertz CT molecular complexity index is 1120. The Morgan fingerprint density at radius 2 is 1.26 bits per heavy atom. The van der Waals surface area contributed by atoms with Gasteiger partial charge in [-0.25, -0.2) is 11.6 Å². The van der Waals surface area contributed by atoms with Crippen LogP contribution in [0.15, 0.2) is 72.3 Å². The number of hydrogen-bond donors (Lipinski definition) is 0. The molecule has 35 heavy (non-hydrogen) atoms. The molecule has 4 bridgehead atoms. The molecule has 0 nitrogen and oxygen atoms in total. The van der Waals surface area contributed by atoms with Crippen molar-refractivity contribution < 1.29 is 49.0 Å². The van der Waals surface area contributed by atoms with Crippen LogP contribution in [0.4, 0.5) is 0 Å². The zero-order valence-corrected chi connectivity index (χ0v) is 25.1. The molecule has 0 heterocycles. The molecule has 4 fully saturated rings. The maximum atomic E-state index is 3.72. The first-order valence-corrected chi connectivity index (χ1v) is 14.0. The van der Waals surface area contributed by atoms with Crippen molar-refractivity contribution in [3.63, 3.8) is 0 Å². The van der Waals surface area contributed by atoms with E-state index in [2.05, 4.69) is 93.6 Å². The fraction of sp³-hybridized carbons (Fsp3) is 0.438. The summed E-state index contributed by atoms with van der Waals surface area (Å²) in [6.45, 7) is 6.51. The van der Waals surface area contributed by atoms with Gasteiger partial charge in [0.2, 0.25) is 0 Å². The Morgan fingerprint density at radius 1 is 0.829 bits per heavy atom. The van der Waals surface area contributed by atoms with Gasteiger partial charge in [-0.15, -0.1) is 39.7 Å². The first-order chi connectivity index (χ1) is 15.9. The van der Waals surface area contributed by atoms with Gasteiger partial charge in [-0.05, 0) is 61.7 Å². The zero-order valence-electron chi connectivity index (χ0n) is 21.2. The van der Waals surface area contributed by atoms with Gasteiger partial charge in [0.05, 0.1) is 0 Å². The van der Waals surface area contributed by atoms with Crippen molar-refractivity contribution in [2.75, 3.05) is 0 Å². The molecule has 1 unspecified atom stereocenters. The van der Waals surface area contributed by atoms with Crippen LogP contribution in [0.25, 0.3) is 21.5 Å². The summed E-state index contributed by atoms with van der Waals surface area (Å²) in [5.74, 6) is 3.75. The van der Waals surface area contributed by atoms with Crippen LogP contribution in [0.2, 0.25) is 0 Å². The maximum Gasteiger partial charge on any atom is -0.0771 e. The summed E-state index contributed by atoms with van der Waals surface area (Å²) in [5.41, 5.74) is 2.18. The molecule has 184 valence electrons. The smallest absolute Gasteiger partial charge is 0.0771 e. The molecular weight excluding hydrogens is 546 g/mol. The van der Waals surface area contributed by atoms with Gasteiger partial charge in [0.25, 0.3) is 0 Å². The molecule has 5 aliphatic rings. The van der Waals surface area contributed by atoms with E-state index < -0.39 is 0 Å². The molecule has 1 atom stereocenters. The monoisotopic (exact) mass is 580 g/mol. The van der Waals surface area contributed by atoms with E-state index in [1.165, 1.54) is 44.0 Å². The molecule has 0 N–H and O–H groups in total. The van der Waals surface area contributed by atoms with Crippen LogP contribution in [-0.2, 0) is 24.2 Å². The molecule has 0 aromatic heterocycles. The Morgan fingerprint density at radius 3 is 1.66 bits per heavy atom. The molecule has 3 aromatic rings. The molecule has 0 amide bonds. The van der Waals surface area contributed by atoms with Crippen molar-refractivity contribution in [3.05, 3.63) is 78.4 Å². The molecule has 3 aromatic carbocycles. The summed E-state index contributed by atoms with van der Waals surface area (Å²) in [5, 5.41) is 5.39. The van der Waals surface area contributed by atoms with Crippen LogP contribution in [-0.4, -0.2) is 3.21 Å². The van der Waals surface area contributed by atoms with E-state index in [1.807, 2.05) is 0 Å². The molecule has 0 radical (unpaired) electrons. The van der Waals surface area contributed by atoms with Crippen molar-refractivity contribution in [3.8, 4) is 0 Å². The summed E-state index contributed by atoms with van der Waals surface area (Å²) in [4.78, 5) is 0. The summed E-state index contributed by atoms with van der Waals surface area (Å²) in [7, 11) is 0. The second-order valence-electron chi connectivity index (χ2n) is 11.2. The van der Waals surface area contributed by atoms with E-state index in [0.717, 1.165) is 17.8 Å². The van der Waals surface area contributed by atoms with Crippen molar-refractivity contribution in [1.82, 2.24) is 0 Å². The zero-order chi connectivity index (χ0) is 23.0. The molecule has 4 saturated carbocycles. The van der Waals surface area contributed by atoms with E-state index in [-0.39, 0.29) is 24.8 Å². The normalized spacial score (nSPS) is 29.3. The summed E-state index contributed by atoms with van der Waals surface area (Å²) in [6.07, 6.45) is 17.6. The average Bonchev–Trinajstić information content (AvgIpc) is 3.37. The number of halogens is 2. The van der Waals surface area contributed by atoms with E-state index in [4.69, 9.17) is 0 Å². The predicted octanol–water partition coefficient (Wildman–Crippen LogP) is 2.60. The van der Waals surface area contributed by atoms with Crippen molar-refractivity contribution in [2.24, 2.45) is 29.1 Å². The van der Waals surface area contributed by atoms with Crippen molar-refractivity contribution in [1.29, 1.82) is 0 Å². The largest absolute Gasteiger partial charge is 1.00 e. The van der Waals surface area contributed by atoms with Crippen molar-refractivity contribution in [2.45, 2.75) is 59.3 Å². The van der Waals surface area contributed by atoms with Crippen LogP contribution in [0, 0.1) is 35.2 Å². The Balaban J connectivity index is 0.000000165. The van der Waals surface area contributed by atoms with Gasteiger partial charge in [0.15, 0.2) is 0 Å². The topological polar surface area (TPSA) is 0 Å². The van der Waals surface area contributed by atoms with E-state index in [0.29, 0.717) is 11.3 Å². The van der Waals surface area contributed by atoms with Crippen LogP contribution >= 0.6 is 0 Å².